The van der Waals surface area contributed by atoms with Crippen molar-refractivity contribution in [2.24, 2.45) is 0 Å². The third-order valence-corrected chi connectivity index (χ3v) is 7.39. The zero-order valence-electron chi connectivity index (χ0n) is 20.4. The molecule has 9 heteroatoms. The first kappa shape index (κ1) is 25.0. The molecule has 3 aromatic rings. The van der Waals surface area contributed by atoms with Gasteiger partial charge < -0.3 is 10.3 Å². The second-order valence-electron chi connectivity index (χ2n) is 10.1. The number of hydrogen-bond acceptors (Lipinski definition) is 3. The average Bonchev–Trinajstić information content (AvgIpc) is 3.14. The molecular weight excluding hydrogens is 475 g/mol. The van der Waals surface area contributed by atoms with E-state index in [0.29, 0.717) is 17.8 Å². The van der Waals surface area contributed by atoms with E-state index in [1.54, 1.807) is 6.92 Å². The minimum atomic E-state index is -4.52. The molecule has 36 heavy (non-hydrogen) atoms. The number of para-hydroxylation sites is 1. The van der Waals surface area contributed by atoms with Gasteiger partial charge in [0.2, 0.25) is 0 Å². The summed E-state index contributed by atoms with van der Waals surface area (Å²) in [5, 5.41) is 4.04. The highest BCUT2D eigenvalue weighted by molar-refractivity contribution is 5.85. The predicted octanol–water partition coefficient (Wildman–Crippen LogP) is 6.24. The summed E-state index contributed by atoms with van der Waals surface area (Å²) in [7, 11) is 0. The van der Waals surface area contributed by atoms with Crippen LogP contribution in [0.25, 0.3) is 10.9 Å². The molecule has 1 fully saturated rings. The number of rotatable bonds is 7. The lowest BCUT2D eigenvalue weighted by Gasteiger charge is -2.41. The fourth-order valence-electron chi connectivity index (χ4n) is 5.66. The van der Waals surface area contributed by atoms with E-state index in [2.05, 4.69) is 22.1 Å². The molecule has 0 spiro atoms. The minimum absolute atomic E-state index is 0.0863. The van der Waals surface area contributed by atoms with E-state index in [4.69, 9.17) is 0 Å². The largest absolute Gasteiger partial charge is 0.401 e. The van der Waals surface area contributed by atoms with Crippen LogP contribution in [0.5, 0.6) is 0 Å². The summed E-state index contributed by atoms with van der Waals surface area (Å²) in [4.78, 5) is 6.61. The van der Waals surface area contributed by atoms with Gasteiger partial charge >= 0.3 is 6.18 Å². The number of hydrogen-bond donors (Lipinski definition) is 2. The van der Waals surface area contributed by atoms with E-state index < -0.39 is 36.4 Å². The lowest BCUT2D eigenvalue weighted by Crippen LogP contribution is -2.54. The highest BCUT2D eigenvalue weighted by atomic mass is 19.4. The lowest BCUT2D eigenvalue weighted by atomic mass is 9.88. The molecule has 5 rings (SSSR count). The van der Waals surface area contributed by atoms with Gasteiger partial charge in [-0.2, -0.15) is 13.2 Å². The van der Waals surface area contributed by atoms with Crippen LogP contribution in [0.4, 0.5) is 27.6 Å². The Morgan fingerprint density at radius 2 is 1.78 bits per heavy atom. The van der Waals surface area contributed by atoms with Crippen LogP contribution in [0.3, 0.4) is 0 Å². The van der Waals surface area contributed by atoms with Crippen LogP contribution in [-0.2, 0) is 6.42 Å². The number of H-pyrrole nitrogens is 1. The van der Waals surface area contributed by atoms with E-state index in [1.165, 1.54) is 12.1 Å². The molecule has 4 nitrogen and oxygen atoms in total. The molecule has 2 N–H and O–H groups in total. The number of likely N-dealkylation sites (tertiary alicyclic amines) is 1. The molecule has 0 amide bonds. The number of fused-ring (bicyclic) bond motifs is 3. The van der Waals surface area contributed by atoms with Crippen molar-refractivity contribution in [1.82, 2.24) is 14.8 Å². The van der Waals surface area contributed by atoms with Gasteiger partial charge in [-0.1, -0.05) is 31.5 Å². The Morgan fingerprint density at radius 3 is 2.44 bits per heavy atom. The quantitative estimate of drug-likeness (QED) is 0.372. The van der Waals surface area contributed by atoms with Crippen LogP contribution in [0, 0.1) is 11.6 Å². The first-order chi connectivity index (χ1) is 17.1. The van der Waals surface area contributed by atoms with E-state index in [1.807, 2.05) is 24.3 Å². The standard InChI is InChI=1S/C27H31F5N4/c1-3-4-9-35-13-18(14-35)33-17-11-21(28)24(22(29)12-17)26-25-20(19-7-5-6-8-23(19)34-25)10-16(2)36(26)15-27(30,31)32/h5-8,11-12,16,18,26,33-34H,3-4,9-10,13-15H2,1-2H3/t16-,26-/m1/s1. The van der Waals surface area contributed by atoms with Crippen LogP contribution in [0.1, 0.15) is 49.6 Å². The Kier molecular flexibility index (Phi) is 6.72. The van der Waals surface area contributed by atoms with Gasteiger partial charge in [-0.3, -0.25) is 9.80 Å². The summed E-state index contributed by atoms with van der Waals surface area (Å²) in [6.07, 6.45) is -1.95. The first-order valence-electron chi connectivity index (χ1n) is 12.5. The third kappa shape index (κ3) is 4.83. The molecule has 1 aromatic heterocycles. The maximum atomic E-state index is 15.6. The van der Waals surface area contributed by atoms with E-state index >= 15 is 8.78 Å². The van der Waals surface area contributed by atoms with Gasteiger partial charge in [0, 0.05) is 47.0 Å². The van der Waals surface area contributed by atoms with Gasteiger partial charge in [0.1, 0.15) is 11.6 Å². The number of unbranched alkanes of at least 4 members (excludes halogenated alkanes) is 1. The number of anilines is 1. The van der Waals surface area contributed by atoms with Crippen molar-refractivity contribution in [3.05, 3.63) is 64.9 Å². The van der Waals surface area contributed by atoms with Gasteiger partial charge in [-0.05, 0) is 50.1 Å². The Hall–Kier alpha value is -2.65. The topological polar surface area (TPSA) is 34.3 Å². The lowest BCUT2D eigenvalue weighted by molar-refractivity contribution is -0.155. The zero-order chi connectivity index (χ0) is 25.6. The number of halogens is 5. The molecule has 2 aliphatic heterocycles. The summed E-state index contributed by atoms with van der Waals surface area (Å²) >= 11 is 0. The van der Waals surface area contributed by atoms with Crippen molar-refractivity contribution in [1.29, 1.82) is 0 Å². The number of benzene rings is 2. The molecule has 2 aromatic carbocycles. The van der Waals surface area contributed by atoms with Crippen LogP contribution >= 0.6 is 0 Å². The number of nitrogens with zero attached hydrogens (tertiary/aromatic N) is 2. The minimum Gasteiger partial charge on any atom is -0.380 e. The van der Waals surface area contributed by atoms with E-state index in [-0.39, 0.29) is 11.6 Å². The van der Waals surface area contributed by atoms with Gasteiger partial charge in [0.25, 0.3) is 0 Å². The second kappa shape index (κ2) is 9.67. The summed E-state index contributed by atoms with van der Waals surface area (Å²) < 4.78 is 71.9. The normalized spacial score (nSPS) is 21.5. The molecule has 2 aliphatic rings. The van der Waals surface area contributed by atoms with Gasteiger partial charge in [-0.25, -0.2) is 8.78 Å². The van der Waals surface area contributed by atoms with Crippen molar-refractivity contribution in [3.63, 3.8) is 0 Å². The fourth-order valence-corrected chi connectivity index (χ4v) is 5.66. The smallest absolute Gasteiger partial charge is 0.380 e. The van der Waals surface area contributed by atoms with Crippen molar-refractivity contribution < 1.29 is 22.0 Å². The van der Waals surface area contributed by atoms with Crippen LogP contribution < -0.4 is 5.32 Å². The van der Waals surface area contributed by atoms with Crippen molar-refractivity contribution in [2.75, 3.05) is 31.5 Å². The second-order valence-corrected chi connectivity index (χ2v) is 10.1. The number of alkyl halides is 3. The molecule has 194 valence electrons. The van der Waals surface area contributed by atoms with E-state index in [9.17, 15) is 13.2 Å². The van der Waals surface area contributed by atoms with Gasteiger partial charge in [0.05, 0.1) is 18.6 Å². The van der Waals surface area contributed by atoms with Crippen LogP contribution in [0.15, 0.2) is 36.4 Å². The third-order valence-electron chi connectivity index (χ3n) is 7.39. The Morgan fingerprint density at radius 1 is 1.08 bits per heavy atom. The monoisotopic (exact) mass is 506 g/mol. The molecule has 0 unspecified atom stereocenters. The summed E-state index contributed by atoms with van der Waals surface area (Å²) in [5.74, 6) is -1.70. The fraction of sp³-hybridized carbons (Fsp3) is 0.481. The first-order valence-corrected chi connectivity index (χ1v) is 12.5. The summed E-state index contributed by atoms with van der Waals surface area (Å²) in [5.41, 5.74) is 1.91. The molecule has 0 aliphatic carbocycles. The van der Waals surface area contributed by atoms with Crippen molar-refractivity contribution in [3.8, 4) is 0 Å². The number of nitrogens with one attached hydrogen (secondary N) is 2. The maximum absolute atomic E-state index is 15.6. The number of aromatic amines is 1. The van der Waals surface area contributed by atoms with E-state index in [0.717, 1.165) is 53.8 Å². The molecule has 2 atom stereocenters. The average molecular weight is 507 g/mol. The molecule has 0 radical (unpaired) electrons. The maximum Gasteiger partial charge on any atom is 0.401 e. The highest BCUT2D eigenvalue weighted by Gasteiger charge is 2.43. The summed E-state index contributed by atoms with van der Waals surface area (Å²) in [6, 6.07) is 8.10. The van der Waals surface area contributed by atoms with Gasteiger partial charge in [0.15, 0.2) is 0 Å². The molecule has 0 saturated carbocycles. The zero-order valence-corrected chi connectivity index (χ0v) is 20.4. The molecule has 0 bridgehead atoms. The molecule has 1 saturated heterocycles. The van der Waals surface area contributed by atoms with Gasteiger partial charge in [-0.15, -0.1) is 0 Å². The highest BCUT2D eigenvalue weighted by Crippen LogP contribution is 2.44. The molecule has 3 heterocycles. The molecular formula is C27H31F5N4. The Labute approximate surface area is 207 Å². The Balaban J connectivity index is 1.50. The van der Waals surface area contributed by atoms with Crippen LogP contribution in [0.2, 0.25) is 0 Å². The summed E-state index contributed by atoms with van der Waals surface area (Å²) in [6.45, 7) is 5.13. The van der Waals surface area contributed by atoms with Crippen molar-refractivity contribution >= 4 is 16.6 Å². The SMILES string of the molecule is CCCCN1CC(Nc2cc(F)c([C@@H]3c4[nH]c5ccccc5c4C[C@@H](C)N3CC(F)(F)F)c(F)c2)C1. The Bertz CT molecular complexity index is 1210. The van der Waals surface area contributed by atoms with Crippen molar-refractivity contribution in [2.45, 2.75) is 57.4 Å². The predicted molar refractivity (Wildman–Crippen MR) is 131 cm³/mol. The van der Waals surface area contributed by atoms with Crippen LogP contribution in [-0.4, -0.2) is 59.2 Å². The number of aromatic nitrogens is 1.